The first kappa shape index (κ1) is 15.7. The van der Waals surface area contributed by atoms with Crippen LogP contribution in [0.4, 0.5) is 5.95 Å². The van der Waals surface area contributed by atoms with Gasteiger partial charge in [0.15, 0.2) is 11.2 Å². The number of nitrogens with zero attached hydrogens (tertiary/aromatic N) is 3. The molecule has 1 atom stereocenters. The molecule has 9 nitrogen and oxygen atoms in total. The highest BCUT2D eigenvalue weighted by molar-refractivity contribution is 5.89. The van der Waals surface area contributed by atoms with Crippen molar-refractivity contribution in [1.82, 2.24) is 19.5 Å². The van der Waals surface area contributed by atoms with Gasteiger partial charge in [0.1, 0.15) is 6.33 Å². The molecule has 0 bridgehead atoms. The number of nitrogens with two attached hydrogens (primary N) is 1. The van der Waals surface area contributed by atoms with E-state index in [4.69, 9.17) is 15.2 Å². The zero-order valence-corrected chi connectivity index (χ0v) is 12.8. The second kappa shape index (κ2) is 6.50. The van der Waals surface area contributed by atoms with Crippen LogP contribution < -0.4 is 11.3 Å². The third-order valence-electron chi connectivity index (χ3n) is 3.20. The Bertz CT molecular complexity index is 919. The fraction of sp³-hybridized carbons (Fsp3) is 0.200. The lowest BCUT2D eigenvalue weighted by molar-refractivity contribution is -0.152. The molecule has 0 aliphatic heterocycles. The number of carbonyl (C=O) groups is 1. The van der Waals surface area contributed by atoms with E-state index in [1.807, 2.05) is 0 Å². The summed E-state index contributed by atoms with van der Waals surface area (Å²) in [6.45, 7) is 2.02. The lowest BCUT2D eigenvalue weighted by atomic mass is 10.2. The summed E-state index contributed by atoms with van der Waals surface area (Å²) in [6.07, 6.45) is 0.187. The summed E-state index contributed by atoms with van der Waals surface area (Å²) in [4.78, 5) is 34.4. The van der Waals surface area contributed by atoms with Crippen molar-refractivity contribution in [2.75, 3.05) is 12.3 Å². The van der Waals surface area contributed by atoms with Gasteiger partial charge in [-0.1, -0.05) is 18.2 Å². The van der Waals surface area contributed by atoms with E-state index < -0.39 is 17.9 Å². The van der Waals surface area contributed by atoms with Gasteiger partial charge >= 0.3 is 5.97 Å². The van der Waals surface area contributed by atoms with Gasteiger partial charge in [0.05, 0.1) is 5.56 Å². The average molecular weight is 329 g/mol. The van der Waals surface area contributed by atoms with Gasteiger partial charge in [-0.25, -0.2) is 9.78 Å². The van der Waals surface area contributed by atoms with Crippen LogP contribution in [0.3, 0.4) is 0 Å². The Morgan fingerprint density at radius 2 is 2.12 bits per heavy atom. The normalized spacial score (nSPS) is 12.2. The molecule has 0 spiro atoms. The standard InChI is InChI=1S/C15H15N5O4/c1-2-23-15(24-13(22)9-6-4-3-5-7-9)20-8-17-10-11(20)18-14(16)19-12(10)21/h3-8,15H,2H2,1H3,(H3,16,18,19,21). The number of ether oxygens (including phenoxy) is 2. The molecule has 2 heterocycles. The first-order chi connectivity index (χ1) is 11.6. The van der Waals surface area contributed by atoms with Crippen molar-refractivity contribution in [3.05, 3.63) is 52.6 Å². The highest BCUT2D eigenvalue weighted by Gasteiger charge is 2.22. The molecular formula is C15H15N5O4. The molecule has 1 aromatic carbocycles. The van der Waals surface area contributed by atoms with E-state index in [1.165, 1.54) is 10.9 Å². The fourth-order valence-electron chi connectivity index (χ4n) is 2.14. The van der Waals surface area contributed by atoms with E-state index in [2.05, 4.69) is 15.0 Å². The third-order valence-corrected chi connectivity index (χ3v) is 3.20. The van der Waals surface area contributed by atoms with Gasteiger partial charge in [0, 0.05) is 6.61 Å². The highest BCUT2D eigenvalue weighted by atomic mass is 16.7. The van der Waals surface area contributed by atoms with Crippen molar-refractivity contribution in [2.45, 2.75) is 13.3 Å². The lowest BCUT2D eigenvalue weighted by Crippen LogP contribution is -2.21. The largest absolute Gasteiger partial charge is 0.412 e. The van der Waals surface area contributed by atoms with Gasteiger partial charge in [-0.2, -0.15) is 4.98 Å². The molecule has 0 aliphatic rings. The Kier molecular flexibility index (Phi) is 4.25. The summed E-state index contributed by atoms with van der Waals surface area (Å²) >= 11 is 0. The van der Waals surface area contributed by atoms with Gasteiger partial charge < -0.3 is 15.2 Å². The number of nitrogen functional groups attached to an aromatic ring is 1. The molecule has 0 radical (unpaired) electrons. The zero-order valence-electron chi connectivity index (χ0n) is 12.8. The smallest absolute Gasteiger partial charge is 0.341 e. The number of nitrogens with one attached hydrogen (secondary N) is 1. The monoisotopic (exact) mass is 329 g/mol. The van der Waals surface area contributed by atoms with Crippen LogP contribution >= 0.6 is 0 Å². The molecule has 0 saturated carbocycles. The number of imidazole rings is 1. The Morgan fingerprint density at radius 3 is 2.83 bits per heavy atom. The summed E-state index contributed by atoms with van der Waals surface area (Å²) in [5.41, 5.74) is 5.69. The number of benzene rings is 1. The molecule has 9 heteroatoms. The first-order valence-electron chi connectivity index (χ1n) is 7.20. The Morgan fingerprint density at radius 1 is 1.38 bits per heavy atom. The summed E-state index contributed by atoms with van der Waals surface area (Å²) in [5, 5.41) is 0. The van der Waals surface area contributed by atoms with Gasteiger partial charge in [-0.05, 0) is 19.1 Å². The molecule has 3 aromatic rings. The second-order valence-corrected chi connectivity index (χ2v) is 4.81. The third kappa shape index (κ3) is 2.97. The van der Waals surface area contributed by atoms with E-state index in [1.54, 1.807) is 37.3 Å². The minimum absolute atomic E-state index is 0.0705. The molecule has 3 N–H and O–H groups in total. The minimum atomic E-state index is -1.12. The van der Waals surface area contributed by atoms with Gasteiger partial charge in [0.25, 0.3) is 12.0 Å². The van der Waals surface area contributed by atoms with Crippen LogP contribution in [-0.4, -0.2) is 32.1 Å². The quantitative estimate of drug-likeness (QED) is 0.529. The van der Waals surface area contributed by atoms with E-state index in [9.17, 15) is 9.59 Å². The molecule has 2 aromatic heterocycles. The van der Waals surface area contributed by atoms with Crippen LogP contribution in [0.25, 0.3) is 11.2 Å². The molecular weight excluding hydrogens is 314 g/mol. The number of fused-ring (bicyclic) bond motifs is 1. The summed E-state index contributed by atoms with van der Waals surface area (Å²) in [5.74, 6) is -0.646. The molecule has 124 valence electrons. The lowest BCUT2D eigenvalue weighted by Gasteiger charge is -2.18. The number of hydrogen-bond donors (Lipinski definition) is 2. The van der Waals surface area contributed by atoms with E-state index in [0.29, 0.717) is 5.56 Å². The SMILES string of the molecule is CCOC(OC(=O)c1ccccc1)n1cnc2c(=O)[nH]c(N)nc21. The van der Waals surface area contributed by atoms with Crippen LogP contribution in [0.2, 0.25) is 0 Å². The Hall–Kier alpha value is -3.20. The summed E-state index contributed by atoms with van der Waals surface area (Å²) in [6, 6.07) is 8.48. The van der Waals surface area contributed by atoms with Crippen molar-refractivity contribution in [1.29, 1.82) is 0 Å². The molecule has 24 heavy (non-hydrogen) atoms. The maximum atomic E-state index is 12.2. The number of aromatic nitrogens is 4. The molecule has 0 aliphatic carbocycles. The number of esters is 1. The van der Waals surface area contributed by atoms with Crippen molar-refractivity contribution in [2.24, 2.45) is 0 Å². The minimum Gasteiger partial charge on any atom is -0.412 e. The number of anilines is 1. The zero-order chi connectivity index (χ0) is 17.1. The number of aromatic amines is 1. The van der Waals surface area contributed by atoms with Crippen LogP contribution in [-0.2, 0) is 9.47 Å². The predicted molar refractivity (Wildman–Crippen MR) is 85.1 cm³/mol. The first-order valence-corrected chi connectivity index (χ1v) is 7.20. The van der Waals surface area contributed by atoms with E-state index in [0.717, 1.165) is 0 Å². The maximum Gasteiger partial charge on any atom is 0.341 e. The van der Waals surface area contributed by atoms with Crippen LogP contribution in [0.5, 0.6) is 0 Å². The predicted octanol–water partition coefficient (Wildman–Crippen LogP) is 1.05. The molecule has 1 unspecified atom stereocenters. The molecule has 0 saturated heterocycles. The Balaban J connectivity index is 1.97. The van der Waals surface area contributed by atoms with Gasteiger partial charge in [-0.15, -0.1) is 0 Å². The van der Waals surface area contributed by atoms with Gasteiger partial charge in [-0.3, -0.25) is 14.3 Å². The summed E-state index contributed by atoms with van der Waals surface area (Å²) in [7, 11) is 0. The average Bonchev–Trinajstić information content (AvgIpc) is 2.99. The Labute approximate surface area is 136 Å². The second-order valence-electron chi connectivity index (χ2n) is 4.81. The van der Waals surface area contributed by atoms with E-state index >= 15 is 0 Å². The van der Waals surface area contributed by atoms with Crippen LogP contribution in [0.15, 0.2) is 41.5 Å². The number of H-pyrrole nitrogens is 1. The van der Waals surface area contributed by atoms with Crippen molar-refractivity contribution in [3.8, 4) is 0 Å². The van der Waals surface area contributed by atoms with Gasteiger partial charge in [0.2, 0.25) is 5.95 Å². The maximum absolute atomic E-state index is 12.2. The number of hydrogen-bond acceptors (Lipinski definition) is 7. The number of rotatable bonds is 5. The number of carbonyl (C=O) groups excluding carboxylic acids is 1. The highest BCUT2D eigenvalue weighted by Crippen LogP contribution is 2.18. The molecule has 0 amide bonds. The molecule has 0 fully saturated rings. The van der Waals surface area contributed by atoms with E-state index in [-0.39, 0.29) is 23.7 Å². The van der Waals surface area contributed by atoms with Crippen molar-refractivity contribution in [3.63, 3.8) is 0 Å². The van der Waals surface area contributed by atoms with Crippen molar-refractivity contribution < 1.29 is 14.3 Å². The molecule has 3 rings (SSSR count). The topological polar surface area (TPSA) is 125 Å². The van der Waals surface area contributed by atoms with Crippen molar-refractivity contribution >= 4 is 23.1 Å². The van der Waals surface area contributed by atoms with Crippen LogP contribution in [0.1, 0.15) is 23.7 Å². The summed E-state index contributed by atoms with van der Waals surface area (Å²) < 4.78 is 12.2. The van der Waals surface area contributed by atoms with Crippen LogP contribution in [0, 0.1) is 0 Å². The fourth-order valence-corrected chi connectivity index (χ4v) is 2.14.